The lowest BCUT2D eigenvalue weighted by Crippen LogP contribution is -2.24. The standard InChI is InChI=1S/C26H23N4OP/c1-29(2)20-28-26-24(18-27)30(21-12-6-3-7-13-21)19-25(26)32(31,22-14-8-4-9-15-22)23-16-10-5-11-17-23/h3-17,19-20H,1-2H3. The first-order valence-electron chi connectivity index (χ1n) is 10.2. The fourth-order valence-corrected chi connectivity index (χ4v) is 6.39. The second-order valence-electron chi connectivity index (χ2n) is 7.52. The summed E-state index contributed by atoms with van der Waals surface area (Å²) >= 11 is 0. The molecule has 3 aromatic carbocycles. The van der Waals surface area contributed by atoms with Gasteiger partial charge in [0, 0.05) is 36.6 Å². The third kappa shape index (κ3) is 3.89. The Bertz CT molecular complexity index is 1280. The van der Waals surface area contributed by atoms with E-state index < -0.39 is 7.14 Å². The molecule has 0 saturated heterocycles. The van der Waals surface area contributed by atoms with Crippen LogP contribution in [0, 0.1) is 11.3 Å². The van der Waals surface area contributed by atoms with Crippen molar-refractivity contribution in [3.63, 3.8) is 0 Å². The second kappa shape index (κ2) is 9.09. The maximum absolute atomic E-state index is 15.0. The molecule has 6 heteroatoms. The highest BCUT2D eigenvalue weighted by molar-refractivity contribution is 7.85. The van der Waals surface area contributed by atoms with Gasteiger partial charge in [0.1, 0.15) is 11.8 Å². The van der Waals surface area contributed by atoms with Crippen LogP contribution in [0.4, 0.5) is 5.69 Å². The minimum atomic E-state index is -3.32. The molecule has 158 valence electrons. The van der Waals surface area contributed by atoms with E-state index in [4.69, 9.17) is 0 Å². The van der Waals surface area contributed by atoms with Gasteiger partial charge in [-0.2, -0.15) is 5.26 Å². The van der Waals surface area contributed by atoms with Gasteiger partial charge in [0.15, 0.2) is 12.8 Å². The Hall–Kier alpha value is -3.87. The first kappa shape index (κ1) is 21.4. The van der Waals surface area contributed by atoms with Gasteiger partial charge in [-0.15, -0.1) is 0 Å². The van der Waals surface area contributed by atoms with Crippen LogP contribution in [0.3, 0.4) is 0 Å². The van der Waals surface area contributed by atoms with Gasteiger partial charge in [0.25, 0.3) is 0 Å². The van der Waals surface area contributed by atoms with Gasteiger partial charge in [-0.1, -0.05) is 78.9 Å². The average Bonchev–Trinajstić information content (AvgIpc) is 3.23. The summed E-state index contributed by atoms with van der Waals surface area (Å²) in [5.74, 6) is 0. The summed E-state index contributed by atoms with van der Waals surface area (Å²) in [5, 5.41) is 12.0. The highest BCUT2D eigenvalue weighted by Gasteiger charge is 2.35. The van der Waals surface area contributed by atoms with Gasteiger partial charge in [-0.05, 0) is 12.1 Å². The lowest BCUT2D eigenvalue weighted by molar-refractivity contribution is 0.592. The number of nitriles is 1. The molecule has 0 atom stereocenters. The molecule has 0 aliphatic rings. The lowest BCUT2D eigenvalue weighted by Gasteiger charge is -2.19. The van der Waals surface area contributed by atoms with Crippen molar-refractivity contribution in [1.29, 1.82) is 5.26 Å². The van der Waals surface area contributed by atoms with Crippen LogP contribution >= 0.6 is 7.14 Å². The Labute approximate surface area is 188 Å². The SMILES string of the molecule is CN(C)C=Nc1c(P(=O)(c2ccccc2)c2ccccc2)cn(-c2ccccc2)c1C#N. The number of hydrogen-bond donors (Lipinski definition) is 0. The molecule has 0 amide bonds. The predicted octanol–water partition coefficient (Wildman–Crippen LogP) is 4.21. The Kier molecular flexibility index (Phi) is 6.07. The van der Waals surface area contributed by atoms with Gasteiger partial charge in [0.05, 0.1) is 11.6 Å². The number of hydrogen-bond acceptors (Lipinski definition) is 3. The number of nitrogens with zero attached hydrogens (tertiary/aromatic N) is 4. The van der Waals surface area contributed by atoms with Gasteiger partial charge in [-0.3, -0.25) is 0 Å². The molecule has 0 unspecified atom stereocenters. The van der Waals surface area contributed by atoms with Crippen molar-refractivity contribution >= 4 is 35.1 Å². The Morgan fingerprint density at radius 1 is 0.875 bits per heavy atom. The van der Waals surface area contributed by atoms with Crippen LogP contribution in [0.5, 0.6) is 0 Å². The summed E-state index contributed by atoms with van der Waals surface area (Å²) in [4.78, 5) is 6.42. The molecule has 0 aliphatic heterocycles. The fraction of sp³-hybridized carbons (Fsp3) is 0.0769. The highest BCUT2D eigenvalue weighted by Crippen LogP contribution is 2.46. The van der Waals surface area contributed by atoms with E-state index in [2.05, 4.69) is 11.1 Å². The van der Waals surface area contributed by atoms with Crippen molar-refractivity contribution < 1.29 is 4.57 Å². The third-order valence-corrected chi connectivity index (χ3v) is 8.15. The summed E-state index contributed by atoms with van der Waals surface area (Å²) in [6.07, 6.45) is 3.44. The Morgan fingerprint density at radius 2 is 1.38 bits per heavy atom. The summed E-state index contributed by atoms with van der Waals surface area (Å²) < 4.78 is 16.8. The van der Waals surface area contributed by atoms with E-state index in [1.54, 1.807) is 22.0 Å². The number of aliphatic imine (C=N–C) groups is 1. The van der Waals surface area contributed by atoms with Crippen LogP contribution in [-0.4, -0.2) is 29.9 Å². The second-order valence-corrected chi connectivity index (χ2v) is 10.3. The van der Waals surface area contributed by atoms with Gasteiger partial charge < -0.3 is 14.0 Å². The normalized spacial score (nSPS) is 11.4. The van der Waals surface area contributed by atoms with Crippen LogP contribution in [0.25, 0.3) is 5.69 Å². The van der Waals surface area contributed by atoms with Gasteiger partial charge in [-0.25, -0.2) is 4.99 Å². The molecule has 0 N–H and O–H groups in total. The molecule has 32 heavy (non-hydrogen) atoms. The summed E-state index contributed by atoms with van der Waals surface area (Å²) in [6.45, 7) is 0. The zero-order valence-electron chi connectivity index (χ0n) is 18.0. The van der Waals surface area contributed by atoms with E-state index in [1.165, 1.54) is 0 Å². The summed E-state index contributed by atoms with van der Waals surface area (Å²) in [7, 11) is 0.399. The topological polar surface area (TPSA) is 61.4 Å². The smallest absolute Gasteiger partial charge is 0.174 e. The van der Waals surface area contributed by atoms with E-state index >= 15 is 0 Å². The van der Waals surface area contributed by atoms with Crippen molar-refractivity contribution in [3.8, 4) is 11.8 Å². The first-order valence-corrected chi connectivity index (χ1v) is 11.9. The number of aromatic nitrogens is 1. The molecule has 1 aromatic heterocycles. The van der Waals surface area contributed by atoms with E-state index in [0.29, 0.717) is 27.3 Å². The quantitative estimate of drug-likeness (QED) is 0.257. The Balaban J connectivity index is 2.09. The van der Waals surface area contributed by atoms with E-state index in [0.717, 1.165) is 5.69 Å². The van der Waals surface area contributed by atoms with Crippen LogP contribution in [0.2, 0.25) is 0 Å². The number of benzene rings is 3. The van der Waals surface area contributed by atoms with Gasteiger partial charge in [0.2, 0.25) is 0 Å². The number of para-hydroxylation sites is 1. The molecule has 0 bridgehead atoms. The molecular formula is C26H23N4OP. The molecular weight excluding hydrogens is 415 g/mol. The summed E-state index contributed by atoms with van der Waals surface area (Å²) in [6, 6.07) is 30.7. The maximum atomic E-state index is 15.0. The molecule has 0 radical (unpaired) electrons. The zero-order chi connectivity index (χ0) is 22.6. The van der Waals surface area contributed by atoms with E-state index in [1.807, 2.05) is 105 Å². The van der Waals surface area contributed by atoms with Crippen molar-refractivity contribution in [1.82, 2.24) is 9.47 Å². The number of rotatable bonds is 6. The third-order valence-electron chi connectivity index (χ3n) is 5.10. The lowest BCUT2D eigenvalue weighted by atomic mass is 10.3. The van der Waals surface area contributed by atoms with Crippen LogP contribution < -0.4 is 15.9 Å². The molecule has 5 nitrogen and oxygen atoms in total. The molecule has 0 spiro atoms. The predicted molar refractivity (Wildman–Crippen MR) is 132 cm³/mol. The fourth-order valence-electron chi connectivity index (χ4n) is 3.62. The van der Waals surface area contributed by atoms with E-state index in [9.17, 15) is 9.83 Å². The van der Waals surface area contributed by atoms with Crippen molar-refractivity contribution in [3.05, 3.63) is 103 Å². The van der Waals surface area contributed by atoms with Crippen LogP contribution in [-0.2, 0) is 4.57 Å². The molecule has 4 aromatic rings. The Morgan fingerprint density at radius 3 is 1.84 bits per heavy atom. The minimum absolute atomic E-state index is 0.344. The minimum Gasteiger partial charge on any atom is -0.369 e. The van der Waals surface area contributed by atoms with Crippen molar-refractivity contribution in [2.75, 3.05) is 14.1 Å². The van der Waals surface area contributed by atoms with Crippen molar-refractivity contribution in [2.24, 2.45) is 4.99 Å². The summed E-state index contributed by atoms with van der Waals surface area (Å²) in [5.41, 5.74) is 1.57. The largest absolute Gasteiger partial charge is 0.369 e. The van der Waals surface area contributed by atoms with Gasteiger partial charge >= 0.3 is 0 Å². The molecule has 0 fully saturated rings. The van der Waals surface area contributed by atoms with Crippen LogP contribution in [0.15, 0.2) is 102 Å². The molecule has 0 aliphatic carbocycles. The maximum Gasteiger partial charge on any atom is 0.174 e. The zero-order valence-corrected chi connectivity index (χ0v) is 18.9. The average molecular weight is 438 g/mol. The molecule has 0 saturated carbocycles. The van der Waals surface area contributed by atoms with Crippen molar-refractivity contribution in [2.45, 2.75) is 0 Å². The van der Waals surface area contributed by atoms with Crippen LogP contribution in [0.1, 0.15) is 5.69 Å². The molecule has 4 rings (SSSR count). The monoisotopic (exact) mass is 438 g/mol. The highest BCUT2D eigenvalue weighted by atomic mass is 31.2. The molecule has 1 heterocycles. The van der Waals surface area contributed by atoms with E-state index in [-0.39, 0.29) is 0 Å². The first-order chi connectivity index (χ1) is 15.6.